The second-order valence-electron chi connectivity index (χ2n) is 3.42. The fourth-order valence-electron chi connectivity index (χ4n) is 1.07. The third-order valence-electron chi connectivity index (χ3n) is 1.78. The second-order valence-corrected chi connectivity index (χ2v) is 4.28. The highest BCUT2D eigenvalue weighted by atomic mass is 32.1. The average Bonchev–Trinajstić information content (AvgIpc) is 2.75. The van der Waals surface area contributed by atoms with Gasteiger partial charge in [-0.2, -0.15) is 0 Å². The number of amides is 2. The van der Waals surface area contributed by atoms with E-state index in [4.69, 9.17) is 9.84 Å². The molecule has 0 unspecified atom stereocenters. The highest BCUT2D eigenvalue weighted by molar-refractivity contribution is 7.14. The molecule has 0 atom stereocenters. The molecule has 0 aliphatic rings. The summed E-state index contributed by atoms with van der Waals surface area (Å²) in [6.07, 6.45) is 0. The van der Waals surface area contributed by atoms with Crippen molar-refractivity contribution < 1.29 is 24.2 Å². The Balaban J connectivity index is 2.31. The fourth-order valence-corrected chi connectivity index (χ4v) is 1.81. The molecular weight excluding hydrogens is 274 g/mol. The molecule has 0 fully saturated rings. The molecule has 0 saturated carbocycles. The van der Waals surface area contributed by atoms with E-state index in [9.17, 15) is 14.4 Å². The normalized spacial score (nSPS) is 9.95. The average molecular weight is 287 g/mol. The number of nitrogens with one attached hydrogen (secondary N) is 2. The van der Waals surface area contributed by atoms with Gasteiger partial charge in [0, 0.05) is 18.8 Å². The van der Waals surface area contributed by atoms with Crippen LogP contribution in [0.3, 0.4) is 0 Å². The minimum Gasteiger partial charge on any atom is -0.480 e. The number of carboxylic acid groups (broad SMARTS) is 1. The Labute approximate surface area is 112 Å². The number of ether oxygens (including phenoxy) is 1. The van der Waals surface area contributed by atoms with Crippen molar-refractivity contribution in [3.8, 4) is 0 Å². The van der Waals surface area contributed by atoms with Crippen LogP contribution in [0.5, 0.6) is 0 Å². The molecular formula is C10H13N3O5S. The van der Waals surface area contributed by atoms with Crippen LogP contribution in [0, 0.1) is 0 Å². The summed E-state index contributed by atoms with van der Waals surface area (Å²) >= 11 is 1.14. The van der Waals surface area contributed by atoms with E-state index in [1.54, 1.807) is 0 Å². The molecule has 8 nitrogen and oxygen atoms in total. The smallest absolute Gasteiger partial charge is 0.329 e. The Kier molecular flexibility index (Phi) is 5.90. The van der Waals surface area contributed by atoms with Crippen molar-refractivity contribution in [1.29, 1.82) is 0 Å². The van der Waals surface area contributed by atoms with E-state index >= 15 is 0 Å². The van der Waals surface area contributed by atoms with Gasteiger partial charge in [0.1, 0.15) is 12.3 Å². The lowest BCUT2D eigenvalue weighted by molar-refractivity contribution is -0.142. The van der Waals surface area contributed by atoms with Crippen molar-refractivity contribution in [2.24, 2.45) is 0 Å². The van der Waals surface area contributed by atoms with Crippen molar-refractivity contribution in [3.05, 3.63) is 11.1 Å². The zero-order chi connectivity index (χ0) is 14.3. The Morgan fingerprint density at radius 2 is 2.21 bits per heavy atom. The summed E-state index contributed by atoms with van der Waals surface area (Å²) in [7, 11) is 0. The lowest BCUT2D eigenvalue weighted by Crippen LogP contribution is -2.28. The summed E-state index contributed by atoms with van der Waals surface area (Å²) < 4.78 is 4.75. The van der Waals surface area contributed by atoms with Gasteiger partial charge in [-0.3, -0.25) is 9.59 Å². The molecule has 1 rings (SSSR count). The summed E-state index contributed by atoms with van der Waals surface area (Å²) in [5, 5.41) is 15.2. The van der Waals surface area contributed by atoms with Gasteiger partial charge in [0.2, 0.25) is 5.91 Å². The third-order valence-corrected chi connectivity index (χ3v) is 2.54. The summed E-state index contributed by atoms with van der Waals surface area (Å²) in [4.78, 5) is 36.4. The van der Waals surface area contributed by atoms with E-state index in [0.717, 1.165) is 11.3 Å². The van der Waals surface area contributed by atoms with E-state index in [0.29, 0.717) is 5.13 Å². The number of carbonyl (C=O) groups excluding carboxylic acids is 2. The highest BCUT2D eigenvalue weighted by Gasteiger charge is 2.10. The number of anilines is 1. The van der Waals surface area contributed by atoms with Crippen LogP contribution in [0.2, 0.25) is 0 Å². The Morgan fingerprint density at radius 1 is 1.47 bits per heavy atom. The number of carboxylic acids is 1. The number of aromatic nitrogens is 1. The van der Waals surface area contributed by atoms with Crippen LogP contribution in [-0.4, -0.2) is 47.6 Å². The number of thiazole rings is 1. The number of hydrogen-bond donors (Lipinski definition) is 3. The van der Waals surface area contributed by atoms with Crippen LogP contribution in [0.4, 0.5) is 5.13 Å². The summed E-state index contributed by atoms with van der Waals surface area (Å²) in [6.45, 7) is 1.22. The molecule has 9 heteroatoms. The molecule has 104 valence electrons. The van der Waals surface area contributed by atoms with Crippen LogP contribution < -0.4 is 10.6 Å². The van der Waals surface area contributed by atoms with Crippen molar-refractivity contribution in [1.82, 2.24) is 10.3 Å². The molecule has 1 aromatic heterocycles. The van der Waals surface area contributed by atoms with Crippen LogP contribution in [0.1, 0.15) is 17.4 Å². The van der Waals surface area contributed by atoms with Crippen LogP contribution in [0.15, 0.2) is 5.38 Å². The van der Waals surface area contributed by atoms with Crippen molar-refractivity contribution in [2.75, 3.05) is 25.1 Å². The molecule has 1 aromatic rings. The topological polar surface area (TPSA) is 118 Å². The first-order valence-electron chi connectivity index (χ1n) is 5.30. The summed E-state index contributed by atoms with van der Waals surface area (Å²) in [6, 6.07) is 0. The second kappa shape index (κ2) is 7.44. The highest BCUT2D eigenvalue weighted by Crippen LogP contribution is 2.14. The third kappa shape index (κ3) is 5.93. The molecule has 0 saturated heterocycles. The van der Waals surface area contributed by atoms with E-state index in [-0.39, 0.29) is 24.8 Å². The van der Waals surface area contributed by atoms with Crippen LogP contribution in [-0.2, 0) is 14.3 Å². The van der Waals surface area contributed by atoms with Gasteiger partial charge in [-0.1, -0.05) is 0 Å². The molecule has 0 aromatic carbocycles. The minimum atomic E-state index is -1.06. The molecule has 19 heavy (non-hydrogen) atoms. The monoisotopic (exact) mass is 287 g/mol. The maximum atomic E-state index is 11.6. The Hall–Kier alpha value is -2.00. The fraction of sp³-hybridized carbons (Fsp3) is 0.400. The molecule has 0 spiro atoms. The minimum absolute atomic E-state index is 0.0979. The van der Waals surface area contributed by atoms with Crippen molar-refractivity contribution in [2.45, 2.75) is 6.92 Å². The number of hydrogen-bond acceptors (Lipinski definition) is 6. The molecule has 2 amide bonds. The molecule has 0 aliphatic carbocycles. The van der Waals surface area contributed by atoms with E-state index in [2.05, 4.69) is 15.6 Å². The van der Waals surface area contributed by atoms with Gasteiger partial charge in [-0.25, -0.2) is 9.78 Å². The predicted molar refractivity (Wildman–Crippen MR) is 67.2 cm³/mol. The van der Waals surface area contributed by atoms with Gasteiger partial charge in [-0.05, 0) is 0 Å². The van der Waals surface area contributed by atoms with Gasteiger partial charge in [0.05, 0.1) is 6.61 Å². The lowest BCUT2D eigenvalue weighted by Gasteiger charge is -2.03. The first-order chi connectivity index (χ1) is 8.99. The van der Waals surface area contributed by atoms with E-state index < -0.39 is 18.5 Å². The van der Waals surface area contributed by atoms with E-state index in [1.807, 2.05) is 0 Å². The zero-order valence-electron chi connectivity index (χ0n) is 10.1. The number of carbonyl (C=O) groups is 3. The zero-order valence-corrected chi connectivity index (χ0v) is 11.0. The number of aliphatic carboxylic acids is 1. The number of nitrogens with zero attached hydrogens (tertiary/aromatic N) is 1. The molecule has 0 radical (unpaired) electrons. The van der Waals surface area contributed by atoms with Gasteiger partial charge >= 0.3 is 5.97 Å². The Morgan fingerprint density at radius 3 is 2.84 bits per heavy atom. The molecule has 1 heterocycles. The maximum absolute atomic E-state index is 11.6. The van der Waals surface area contributed by atoms with Crippen LogP contribution in [0.25, 0.3) is 0 Å². The van der Waals surface area contributed by atoms with Gasteiger partial charge in [-0.15, -0.1) is 11.3 Å². The van der Waals surface area contributed by atoms with Gasteiger partial charge < -0.3 is 20.5 Å². The van der Waals surface area contributed by atoms with Gasteiger partial charge in [0.25, 0.3) is 5.91 Å². The quantitative estimate of drug-likeness (QED) is 0.604. The predicted octanol–water partition coefficient (Wildman–Crippen LogP) is -0.0675. The molecule has 0 bridgehead atoms. The van der Waals surface area contributed by atoms with Crippen molar-refractivity contribution >= 4 is 34.3 Å². The summed E-state index contributed by atoms with van der Waals surface area (Å²) in [5.41, 5.74) is 0.187. The summed E-state index contributed by atoms with van der Waals surface area (Å²) in [5.74, 6) is -1.74. The largest absolute Gasteiger partial charge is 0.480 e. The molecule has 3 N–H and O–H groups in total. The standard InChI is InChI=1S/C10H13N3O5S/c1-6(14)12-10-13-7(5-19-10)9(17)11-2-3-18-4-8(15)16/h5H,2-4H2,1H3,(H,11,17)(H,15,16)(H,12,13,14). The molecule has 0 aliphatic heterocycles. The maximum Gasteiger partial charge on any atom is 0.329 e. The van der Waals surface area contributed by atoms with Gasteiger partial charge in [0.15, 0.2) is 5.13 Å². The lowest BCUT2D eigenvalue weighted by atomic mass is 10.4. The van der Waals surface area contributed by atoms with Crippen molar-refractivity contribution in [3.63, 3.8) is 0 Å². The van der Waals surface area contributed by atoms with E-state index in [1.165, 1.54) is 12.3 Å². The Bertz CT molecular complexity index is 473. The first kappa shape index (κ1) is 15.1. The van der Waals surface area contributed by atoms with Crippen LogP contribution >= 0.6 is 11.3 Å². The number of rotatable bonds is 7. The first-order valence-corrected chi connectivity index (χ1v) is 6.18. The SMILES string of the molecule is CC(=O)Nc1nc(C(=O)NCCOCC(=O)O)cs1.